The molecule has 1 unspecified atom stereocenters. The van der Waals surface area contributed by atoms with Crippen LogP contribution in [0.25, 0.3) is 0 Å². The molecule has 1 aromatic rings. The molecule has 2 N–H and O–H groups in total. The van der Waals surface area contributed by atoms with Crippen LogP contribution in [0.4, 0.5) is 5.69 Å². The van der Waals surface area contributed by atoms with Gasteiger partial charge in [0, 0.05) is 24.7 Å². The van der Waals surface area contributed by atoms with Gasteiger partial charge in [0.05, 0.1) is 14.2 Å². The standard InChI is InChI=1S/C13H19NO4/c1-9(6-13(15)16)8-14-10-4-5-11(17-2)12(7-10)18-3/h4-5,7,9,14H,6,8H2,1-3H3,(H,15,16). The average Bonchev–Trinajstić information content (AvgIpc) is 2.35. The SMILES string of the molecule is COc1ccc(NCC(C)CC(=O)O)cc1OC. The van der Waals surface area contributed by atoms with Crippen molar-refractivity contribution in [3.63, 3.8) is 0 Å². The second-order valence-electron chi connectivity index (χ2n) is 4.15. The van der Waals surface area contributed by atoms with E-state index < -0.39 is 5.97 Å². The lowest BCUT2D eigenvalue weighted by Gasteiger charge is -2.13. The number of rotatable bonds is 7. The van der Waals surface area contributed by atoms with Gasteiger partial charge in [-0.1, -0.05) is 6.92 Å². The first-order valence-electron chi connectivity index (χ1n) is 5.74. The van der Waals surface area contributed by atoms with E-state index in [9.17, 15) is 4.79 Å². The zero-order valence-corrected chi connectivity index (χ0v) is 10.9. The summed E-state index contributed by atoms with van der Waals surface area (Å²) in [6, 6.07) is 5.50. The van der Waals surface area contributed by atoms with Crippen LogP contribution in [-0.2, 0) is 4.79 Å². The minimum Gasteiger partial charge on any atom is -0.493 e. The lowest BCUT2D eigenvalue weighted by atomic mass is 10.1. The molecule has 5 heteroatoms. The molecule has 1 atom stereocenters. The molecule has 0 saturated carbocycles. The van der Waals surface area contributed by atoms with Gasteiger partial charge in [0.2, 0.25) is 0 Å². The maximum Gasteiger partial charge on any atom is 0.303 e. The van der Waals surface area contributed by atoms with E-state index in [1.807, 2.05) is 25.1 Å². The molecule has 0 heterocycles. The van der Waals surface area contributed by atoms with Gasteiger partial charge >= 0.3 is 5.97 Å². The zero-order chi connectivity index (χ0) is 13.5. The van der Waals surface area contributed by atoms with Gasteiger partial charge in [0.25, 0.3) is 0 Å². The third-order valence-electron chi connectivity index (χ3n) is 2.56. The minimum absolute atomic E-state index is 0.0654. The predicted molar refractivity (Wildman–Crippen MR) is 69.5 cm³/mol. The first-order chi connectivity index (χ1) is 8.56. The summed E-state index contributed by atoms with van der Waals surface area (Å²) in [5, 5.41) is 11.8. The normalized spacial score (nSPS) is 11.7. The first kappa shape index (κ1) is 14.2. The Morgan fingerprint density at radius 3 is 2.56 bits per heavy atom. The molecule has 1 aromatic carbocycles. The Morgan fingerprint density at radius 2 is 2.00 bits per heavy atom. The number of methoxy groups -OCH3 is 2. The molecule has 0 aliphatic carbocycles. The Hall–Kier alpha value is -1.91. The Labute approximate surface area is 107 Å². The molecule has 0 saturated heterocycles. The Kier molecular flexibility index (Phi) is 5.30. The second-order valence-corrected chi connectivity index (χ2v) is 4.15. The van der Waals surface area contributed by atoms with Gasteiger partial charge in [-0.05, 0) is 18.1 Å². The summed E-state index contributed by atoms with van der Waals surface area (Å²) in [4.78, 5) is 10.5. The van der Waals surface area contributed by atoms with Gasteiger partial charge in [-0.3, -0.25) is 4.79 Å². The highest BCUT2D eigenvalue weighted by Crippen LogP contribution is 2.29. The Morgan fingerprint density at radius 1 is 1.33 bits per heavy atom. The number of hydrogen-bond donors (Lipinski definition) is 2. The molecule has 1 rings (SSSR count). The molecule has 0 aliphatic heterocycles. The first-order valence-corrected chi connectivity index (χ1v) is 5.74. The van der Waals surface area contributed by atoms with Gasteiger partial charge in [0.15, 0.2) is 11.5 Å². The Bertz CT molecular complexity index is 406. The van der Waals surface area contributed by atoms with Crippen LogP contribution in [0.2, 0.25) is 0 Å². The van der Waals surface area contributed by atoms with E-state index in [0.717, 1.165) is 5.69 Å². The van der Waals surface area contributed by atoms with Crippen molar-refractivity contribution in [2.24, 2.45) is 5.92 Å². The topological polar surface area (TPSA) is 67.8 Å². The smallest absolute Gasteiger partial charge is 0.303 e. The lowest BCUT2D eigenvalue weighted by molar-refractivity contribution is -0.137. The van der Waals surface area contributed by atoms with Gasteiger partial charge < -0.3 is 19.9 Å². The summed E-state index contributed by atoms with van der Waals surface area (Å²) in [5.74, 6) is 0.599. The van der Waals surface area contributed by atoms with Crippen LogP contribution in [0, 0.1) is 5.92 Å². The van der Waals surface area contributed by atoms with Crippen LogP contribution in [0.5, 0.6) is 11.5 Å². The molecule has 100 valence electrons. The van der Waals surface area contributed by atoms with Crippen molar-refractivity contribution >= 4 is 11.7 Å². The highest BCUT2D eigenvalue weighted by molar-refractivity contribution is 5.67. The van der Waals surface area contributed by atoms with Crippen LogP contribution in [0.3, 0.4) is 0 Å². The maximum absolute atomic E-state index is 10.5. The van der Waals surface area contributed by atoms with E-state index in [2.05, 4.69) is 5.32 Å². The number of anilines is 1. The van der Waals surface area contributed by atoms with E-state index >= 15 is 0 Å². The van der Waals surface area contributed by atoms with Crippen molar-refractivity contribution in [2.45, 2.75) is 13.3 Å². The number of aliphatic carboxylic acids is 1. The fourth-order valence-electron chi connectivity index (χ4n) is 1.61. The predicted octanol–water partition coefficient (Wildman–Crippen LogP) is 2.23. The highest BCUT2D eigenvalue weighted by atomic mass is 16.5. The zero-order valence-electron chi connectivity index (χ0n) is 10.9. The van der Waals surface area contributed by atoms with Crippen molar-refractivity contribution < 1.29 is 19.4 Å². The van der Waals surface area contributed by atoms with Crippen LogP contribution in [-0.4, -0.2) is 31.8 Å². The third-order valence-corrected chi connectivity index (χ3v) is 2.56. The fourth-order valence-corrected chi connectivity index (χ4v) is 1.61. The quantitative estimate of drug-likeness (QED) is 0.780. The molecule has 0 bridgehead atoms. The number of carboxylic acids is 1. The second kappa shape index (κ2) is 6.74. The average molecular weight is 253 g/mol. The van der Waals surface area contributed by atoms with Crippen molar-refractivity contribution in [1.29, 1.82) is 0 Å². The van der Waals surface area contributed by atoms with E-state index in [0.29, 0.717) is 18.0 Å². The lowest BCUT2D eigenvalue weighted by Crippen LogP contribution is -2.14. The molecule has 0 aliphatic rings. The molecular weight excluding hydrogens is 234 g/mol. The number of carboxylic acid groups (broad SMARTS) is 1. The summed E-state index contributed by atoms with van der Waals surface area (Å²) in [6.45, 7) is 2.49. The van der Waals surface area contributed by atoms with Gasteiger partial charge in [-0.15, -0.1) is 0 Å². The summed E-state index contributed by atoms with van der Waals surface area (Å²) < 4.78 is 10.3. The molecule has 0 spiro atoms. The number of ether oxygens (including phenoxy) is 2. The highest BCUT2D eigenvalue weighted by Gasteiger charge is 2.08. The Balaban J connectivity index is 2.60. The van der Waals surface area contributed by atoms with Crippen LogP contribution < -0.4 is 14.8 Å². The molecule has 0 fully saturated rings. The van der Waals surface area contributed by atoms with Crippen LogP contribution >= 0.6 is 0 Å². The molecular formula is C13H19NO4. The molecule has 18 heavy (non-hydrogen) atoms. The molecule has 5 nitrogen and oxygen atoms in total. The summed E-state index contributed by atoms with van der Waals surface area (Å²) in [5.41, 5.74) is 0.880. The van der Waals surface area contributed by atoms with Crippen molar-refractivity contribution in [2.75, 3.05) is 26.1 Å². The number of hydrogen-bond acceptors (Lipinski definition) is 4. The third kappa shape index (κ3) is 4.16. The van der Waals surface area contributed by atoms with Crippen molar-refractivity contribution in [1.82, 2.24) is 0 Å². The summed E-state index contributed by atoms with van der Waals surface area (Å²) in [6.07, 6.45) is 0.153. The van der Waals surface area contributed by atoms with Crippen LogP contribution in [0.15, 0.2) is 18.2 Å². The van der Waals surface area contributed by atoms with E-state index in [1.165, 1.54) is 0 Å². The summed E-state index contributed by atoms with van der Waals surface area (Å²) in [7, 11) is 3.16. The van der Waals surface area contributed by atoms with Gasteiger partial charge in [0.1, 0.15) is 0 Å². The number of carbonyl (C=O) groups is 1. The molecule has 0 radical (unpaired) electrons. The summed E-state index contributed by atoms with van der Waals surface area (Å²) >= 11 is 0. The van der Waals surface area contributed by atoms with Crippen LogP contribution in [0.1, 0.15) is 13.3 Å². The number of nitrogens with one attached hydrogen (secondary N) is 1. The molecule has 0 amide bonds. The monoisotopic (exact) mass is 253 g/mol. The van der Waals surface area contributed by atoms with E-state index in [-0.39, 0.29) is 12.3 Å². The molecule has 0 aromatic heterocycles. The van der Waals surface area contributed by atoms with Gasteiger partial charge in [-0.2, -0.15) is 0 Å². The fraction of sp³-hybridized carbons (Fsp3) is 0.462. The largest absolute Gasteiger partial charge is 0.493 e. The van der Waals surface area contributed by atoms with E-state index in [1.54, 1.807) is 14.2 Å². The van der Waals surface area contributed by atoms with Crippen molar-refractivity contribution in [3.05, 3.63) is 18.2 Å². The maximum atomic E-state index is 10.5. The number of benzene rings is 1. The van der Waals surface area contributed by atoms with Gasteiger partial charge in [-0.25, -0.2) is 0 Å². The minimum atomic E-state index is -0.781. The van der Waals surface area contributed by atoms with Crippen molar-refractivity contribution in [3.8, 4) is 11.5 Å². The van der Waals surface area contributed by atoms with E-state index in [4.69, 9.17) is 14.6 Å².